The standard InChI is InChI=1S/C18H15N3O6/c1-10-3-5-13(21(24)25)8-14(10)20-17(22)11(2)27-18(23)12-4-6-16-15(7-12)19-9-26-16/h3-9,11H,1-2H3,(H,20,22). The number of aryl methyl sites for hydroxylation is 1. The first kappa shape index (κ1) is 18.1. The molecule has 3 rings (SSSR count). The van der Waals surface area contributed by atoms with Crippen molar-refractivity contribution in [3.63, 3.8) is 0 Å². The fourth-order valence-electron chi connectivity index (χ4n) is 2.36. The molecular formula is C18H15N3O6. The summed E-state index contributed by atoms with van der Waals surface area (Å²) >= 11 is 0. The van der Waals surface area contributed by atoms with E-state index in [-0.39, 0.29) is 16.9 Å². The summed E-state index contributed by atoms with van der Waals surface area (Å²) in [6, 6.07) is 8.70. The second-order valence-corrected chi connectivity index (χ2v) is 5.83. The highest BCUT2D eigenvalue weighted by Gasteiger charge is 2.21. The molecule has 1 amide bonds. The molecule has 1 aromatic heterocycles. The van der Waals surface area contributed by atoms with Gasteiger partial charge in [-0.05, 0) is 37.6 Å². The summed E-state index contributed by atoms with van der Waals surface area (Å²) in [5, 5.41) is 13.4. The molecule has 1 unspecified atom stereocenters. The first-order valence-corrected chi connectivity index (χ1v) is 7.95. The number of hydrogen-bond acceptors (Lipinski definition) is 7. The Balaban J connectivity index is 1.69. The van der Waals surface area contributed by atoms with Crippen LogP contribution in [-0.4, -0.2) is 27.9 Å². The number of carbonyl (C=O) groups is 2. The molecule has 1 atom stereocenters. The highest BCUT2D eigenvalue weighted by molar-refractivity contribution is 5.98. The van der Waals surface area contributed by atoms with Crippen molar-refractivity contribution in [2.75, 3.05) is 5.32 Å². The predicted molar refractivity (Wildman–Crippen MR) is 95.3 cm³/mol. The van der Waals surface area contributed by atoms with Gasteiger partial charge in [-0.25, -0.2) is 9.78 Å². The number of non-ortho nitro benzene ring substituents is 1. The number of amides is 1. The van der Waals surface area contributed by atoms with Gasteiger partial charge < -0.3 is 14.5 Å². The van der Waals surface area contributed by atoms with Crippen molar-refractivity contribution in [3.05, 3.63) is 64.0 Å². The molecule has 1 N–H and O–H groups in total. The van der Waals surface area contributed by atoms with Gasteiger partial charge in [0.2, 0.25) is 0 Å². The predicted octanol–water partition coefficient (Wildman–Crippen LogP) is 3.23. The molecule has 2 aromatic carbocycles. The van der Waals surface area contributed by atoms with Crippen LogP contribution in [0.5, 0.6) is 0 Å². The highest BCUT2D eigenvalue weighted by atomic mass is 16.6. The second kappa shape index (κ2) is 7.24. The van der Waals surface area contributed by atoms with Crippen LogP contribution in [0, 0.1) is 17.0 Å². The second-order valence-electron chi connectivity index (χ2n) is 5.83. The minimum absolute atomic E-state index is 0.151. The van der Waals surface area contributed by atoms with Crippen LogP contribution in [-0.2, 0) is 9.53 Å². The number of nitrogens with one attached hydrogen (secondary N) is 1. The number of anilines is 1. The first-order chi connectivity index (χ1) is 12.8. The van der Waals surface area contributed by atoms with Crippen molar-refractivity contribution >= 4 is 34.4 Å². The molecule has 0 aliphatic rings. The van der Waals surface area contributed by atoms with E-state index in [0.29, 0.717) is 16.7 Å². The molecule has 0 bridgehead atoms. The lowest BCUT2D eigenvalue weighted by Gasteiger charge is -2.14. The third-order valence-electron chi connectivity index (χ3n) is 3.91. The van der Waals surface area contributed by atoms with Crippen LogP contribution in [0.25, 0.3) is 11.1 Å². The monoisotopic (exact) mass is 369 g/mol. The molecule has 0 fully saturated rings. The van der Waals surface area contributed by atoms with E-state index in [9.17, 15) is 19.7 Å². The minimum atomic E-state index is -1.11. The van der Waals surface area contributed by atoms with Gasteiger partial charge in [0.05, 0.1) is 16.2 Å². The SMILES string of the molecule is Cc1ccc([N+](=O)[O-])cc1NC(=O)C(C)OC(=O)c1ccc2ocnc2c1. The maximum Gasteiger partial charge on any atom is 0.338 e. The van der Waals surface area contributed by atoms with Crippen LogP contribution in [0.3, 0.4) is 0 Å². The van der Waals surface area contributed by atoms with Crippen LogP contribution >= 0.6 is 0 Å². The lowest BCUT2D eigenvalue weighted by atomic mass is 10.1. The van der Waals surface area contributed by atoms with Crippen molar-refractivity contribution < 1.29 is 23.7 Å². The van der Waals surface area contributed by atoms with Crippen molar-refractivity contribution in [3.8, 4) is 0 Å². The van der Waals surface area contributed by atoms with Gasteiger partial charge in [0.25, 0.3) is 11.6 Å². The molecular weight excluding hydrogens is 354 g/mol. The number of rotatable bonds is 5. The lowest BCUT2D eigenvalue weighted by molar-refractivity contribution is -0.384. The number of oxazole rings is 1. The molecule has 138 valence electrons. The van der Waals surface area contributed by atoms with Crippen molar-refractivity contribution in [1.29, 1.82) is 0 Å². The van der Waals surface area contributed by atoms with Gasteiger partial charge in [-0.15, -0.1) is 0 Å². The number of nitro groups is 1. The smallest absolute Gasteiger partial charge is 0.338 e. The van der Waals surface area contributed by atoms with Crippen LogP contribution < -0.4 is 5.32 Å². The van der Waals surface area contributed by atoms with E-state index in [1.54, 1.807) is 13.0 Å². The molecule has 0 spiro atoms. The number of carbonyl (C=O) groups excluding carboxylic acids is 2. The topological polar surface area (TPSA) is 125 Å². The Morgan fingerprint density at radius 1 is 1.26 bits per heavy atom. The van der Waals surface area contributed by atoms with Crippen LogP contribution in [0.1, 0.15) is 22.8 Å². The minimum Gasteiger partial charge on any atom is -0.449 e. The summed E-state index contributed by atoms with van der Waals surface area (Å²) < 4.78 is 10.3. The summed E-state index contributed by atoms with van der Waals surface area (Å²) in [6.45, 7) is 3.11. The van der Waals surface area contributed by atoms with Gasteiger partial charge in [-0.1, -0.05) is 6.07 Å². The fraction of sp³-hybridized carbons (Fsp3) is 0.167. The highest BCUT2D eigenvalue weighted by Crippen LogP contribution is 2.22. The number of fused-ring (bicyclic) bond motifs is 1. The Labute approximate surface area is 153 Å². The molecule has 1 heterocycles. The number of hydrogen-bond donors (Lipinski definition) is 1. The third kappa shape index (κ3) is 3.92. The van der Waals surface area contributed by atoms with E-state index in [1.807, 2.05) is 0 Å². The Morgan fingerprint density at radius 2 is 2.04 bits per heavy atom. The van der Waals surface area contributed by atoms with Gasteiger partial charge in [0.15, 0.2) is 18.1 Å². The van der Waals surface area contributed by atoms with Gasteiger partial charge in [-0.2, -0.15) is 0 Å². The van der Waals surface area contributed by atoms with Crippen LogP contribution in [0.4, 0.5) is 11.4 Å². The molecule has 9 heteroatoms. The molecule has 0 saturated carbocycles. The molecule has 0 saturated heterocycles. The Morgan fingerprint density at radius 3 is 2.78 bits per heavy atom. The quantitative estimate of drug-likeness (QED) is 0.416. The number of benzene rings is 2. The van der Waals surface area contributed by atoms with Crippen LogP contribution in [0.2, 0.25) is 0 Å². The zero-order valence-corrected chi connectivity index (χ0v) is 14.5. The van der Waals surface area contributed by atoms with Crippen molar-refractivity contribution in [1.82, 2.24) is 4.98 Å². The number of esters is 1. The summed E-state index contributed by atoms with van der Waals surface area (Å²) in [4.78, 5) is 38.8. The average Bonchev–Trinajstić information content (AvgIpc) is 3.10. The largest absolute Gasteiger partial charge is 0.449 e. The summed E-state index contributed by atoms with van der Waals surface area (Å²) in [7, 11) is 0. The maximum absolute atomic E-state index is 12.3. The summed E-state index contributed by atoms with van der Waals surface area (Å²) in [5.74, 6) is -1.30. The Hall–Kier alpha value is -3.75. The summed E-state index contributed by atoms with van der Waals surface area (Å²) in [6.07, 6.45) is 0.154. The molecule has 0 aliphatic heterocycles. The van der Waals surface area contributed by atoms with Gasteiger partial charge in [0.1, 0.15) is 5.52 Å². The Bertz CT molecular complexity index is 1040. The number of ether oxygens (including phenoxy) is 1. The van der Waals surface area contributed by atoms with E-state index < -0.39 is 22.9 Å². The third-order valence-corrected chi connectivity index (χ3v) is 3.91. The summed E-state index contributed by atoms with van der Waals surface area (Å²) in [5.41, 5.74) is 2.02. The average molecular weight is 369 g/mol. The lowest BCUT2D eigenvalue weighted by Crippen LogP contribution is -2.30. The molecule has 27 heavy (non-hydrogen) atoms. The number of nitro benzene ring substituents is 1. The molecule has 9 nitrogen and oxygen atoms in total. The van der Waals surface area contributed by atoms with Gasteiger partial charge in [-0.3, -0.25) is 14.9 Å². The normalized spacial score (nSPS) is 11.8. The van der Waals surface area contributed by atoms with E-state index in [1.165, 1.54) is 43.6 Å². The van der Waals surface area contributed by atoms with Crippen molar-refractivity contribution in [2.45, 2.75) is 20.0 Å². The van der Waals surface area contributed by atoms with E-state index >= 15 is 0 Å². The van der Waals surface area contributed by atoms with E-state index in [0.717, 1.165) is 0 Å². The van der Waals surface area contributed by atoms with E-state index in [2.05, 4.69) is 10.3 Å². The van der Waals surface area contributed by atoms with Gasteiger partial charge >= 0.3 is 5.97 Å². The van der Waals surface area contributed by atoms with Crippen LogP contribution in [0.15, 0.2) is 47.2 Å². The van der Waals surface area contributed by atoms with Gasteiger partial charge in [0, 0.05) is 12.1 Å². The number of nitrogens with zero attached hydrogens (tertiary/aromatic N) is 2. The molecule has 3 aromatic rings. The first-order valence-electron chi connectivity index (χ1n) is 7.95. The number of aromatic nitrogens is 1. The van der Waals surface area contributed by atoms with E-state index in [4.69, 9.17) is 9.15 Å². The maximum atomic E-state index is 12.3. The zero-order valence-electron chi connectivity index (χ0n) is 14.5. The van der Waals surface area contributed by atoms with Crippen molar-refractivity contribution in [2.24, 2.45) is 0 Å². The molecule has 0 aliphatic carbocycles. The Kier molecular flexibility index (Phi) is 4.84. The zero-order chi connectivity index (χ0) is 19.6. The fourth-order valence-corrected chi connectivity index (χ4v) is 2.36. The molecule has 0 radical (unpaired) electrons.